The van der Waals surface area contributed by atoms with Crippen molar-refractivity contribution < 1.29 is 9.47 Å². The minimum atomic E-state index is 0.270. The molecule has 0 amide bonds. The molecule has 20 heavy (non-hydrogen) atoms. The van der Waals surface area contributed by atoms with Gasteiger partial charge in [0.1, 0.15) is 6.10 Å². The molecule has 2 N–H and O–H groups in total. The van der Waals surface area contributed by atoms with Crippen LogP contribution in [0.25, 0.3) is 0 Å². The second kappa shape index (κ2) is 6.95. The van der Waals surface area contributed by atoms with Gasteiger partial charge in [0.2, 0.25) is 0 Å². The van der Waals surface area contributed by atoms with Crippen LogP contribution in [0.2, 0.25) is 0 Å². The van der Waals surface area contributed by atoms with Gasteiger partial charge in [-0.1, -0.05) is 6.07 Å². The Labute approximate surface area is 121 Å². The van der Waals surface area contributed by atoms with Gasteiger partial charge < -0.3 is 20.1 Å². The normalized spacial score (nSPS) is 17.4. The van der Waals surface area contributed by atoms with Gasteiger partial charge in [-0.3, -0.25) is 0 Å². The van der Waals surface area contributed by atoms with E-state index >= 15 is 0 Å². The van der Waals surface area contributed by atoms with Gasteiger partial charge in [0.05, 0.1) is 7.11 Å². The smallest absolute Gasteiger partial charge is 0.161 e. The maximum absolute atomic E-state index is 6.14. The molecule has 0 aromatic heterocycles. The van der Waals surface area contributed by atoms with Gasteiger partial charge in [0.15, 0.2) is 11.5 Å². The van der Waals surface area contributed by atoms with E-state index in [1.165, 1.54) is 0 Å². The molecule has 1 aliphatic rings. The summed E-state index contributed by atoms with van der Waals surface area (Å²) in [5.74, 6) is 1.60. The molecule has 0 atom stereocenters. The Morgan fingerprint density at radius 2 is 1.95 bits per heavy atom. The van der Waals surface area contributed by atoms with Crippen LogP contribution < -0.4 is 15.2 Å². The van der Waals surface area contributed by atoms with Crippen molar-refractivity contribution in [1.29, 1.82) is 0 Å². The lowest BCUT2D eigenvalue weighted by atomic mass is 10.1. The Hall–Kier alpha value is -1.26. The van der Waals surface area contributed by atoms with Crippen LogP contribution in [0, 0.1) is 0 Å². The number of nitrogens with two attached hydrogens (primary N) is 1. The number of methoxy groups -OCH3 is 1. The summed E-state index contributed by atoms with van der Waals surface area (Å²) < 4.78 is 11.5. The fourth-order valence-corrected chi connectivity index (χ4v) is 2.63. The van der Waals surface area contributed by atoms with E-state index in [2.05, 4.69) is 18.7 Å². The predicted molar refractivity (Wildman–Crippen MR) is 81.2 cm³/mol. The number of hydrogen-bond donors (Lipinski definition) is 1. The largest absolute Gasteiger partial charge is 0.493 e. The molecule has 0 aliphatic carbocycles. The zero-order chi connectivity index (χ0) is 14.5. The van der Waals surface area contributed by atoms with E-state index in [9.17, 15) is 0 Å². The average molecular weight is 278 g/mol. The van der Waals surface area contributed by atoms with Crippen molar-refractivity contribution in [3.63, 3.8) is 0 Å². The lowest BCUT2D eigenvalue weighted by molar-refractivity contribution is 0.0822. The van der Waals surface area contributed by atoms with Crippen LogP contribution in [0.15, 0.2) is 18.2 Å². The molecule has 0 radical (unpaired) electrons. The van der Waals surface area contributed by atoms with Crippen molar-refractivity contribution in [1.82, 2.24) is 4.90 Å². The number of hydrogen-bond acceptors (Lipinski definition) is 4. The molecule has 1 aliphatic heterocycles. The van der Waals surface area contributed by atoms with Crippen LogP contribution in [-0.2, 0) is 6.54 Å². The molecule has 0 bridgehead atoms. The van der Waals surface area contributed by atoms with Gasteiger partial charge in [0, 0.05) is 25.7 Å². The van der Waals surface area contributed by atoms with Gasteiger partial charge >= 0.3 is 0 Å². The minimum Gasteiger partial charge on any atom is -0.493 e. The average Bonchev–Trinajstić information content (AvgIpc) is 2.47. The Morgan fingerprint density at radius 3 is 2.50 bits per heavy atom. The molecular formula is C16H26N2O2. The lowest BCUT2D eigenvalue weighted by Crippen LogP contribution is -2.41. The van der Waals surface area contributed by atoms with Crippen LogP contribution in [-0.4, -0.2) is 37.2 Å². The number of piperidine rings is 1. The SMILES string of the molecule is COc1ccc(CN)cc1OC1CCN(C(C)C)CC1. The first-order valence-corrected chi connectivity index (χ1v) is 7.41. The fraction of sp³-hybridized carbons (Fsp3) is 0.625. The van der Waals surface area contributed by atoms with E-state index in [-0.39, 0.29) is 6.10 Å². The third-order valence-electron chi connectivity index (χ3n) is 3.96. The predicted octanol–water partition coefficient (Wildman–Crippen LogP) is 2.41. The van der Waals surface area contributed by atoms with Crippen molar-refractivity contribution in [2.45, 2.75) is 45.4 Å². The maximum Gasteiger partial charge on any atom is 0.161 e. The van der Waals surface area contributed by atoms with E-state index in [1.54, 1.807) is 7.11 Å². The highest BCUT2D eigenvalue weighted by atomic mass is 16.5. The lowest BCUT2D eigenvalue weighted by Gasteiger charge is -2.34. The van der Waals surface area contributed by atoms with E-state index in [1.807, 2.05) is 18.2 Å². The Balaban J connectivity index is 2.00. The molecule has 1 fully saturated rings. The number of ether oxygens (including phenoxy) is 2. The quantitative estimate of drug-likeness (QED) is 0.898. The van der Waals surface area contributed by atoms with Crippen LogP contribution in [0.5, 0.6) is 11.5 Å². The number of rotatable bonds is 5. The van der Waals surface area contributed by atoms with Crippen molar-refractivity contribution in [2.24, 2.45) is 5.73 Å². The minimum absolute atomic E-state index is 0.270. The highest BCUT2D eigenvalue weighted by Gasteiger charge is 2.22. The molecule has 0 unspecified atom stereocenters. The zero-order valence-electron chi connectivity index (χ0n) is 12.8. The maximum atomic E-state index is 6.14. The Bertz CT molecular complexity index is 426. The van der Waals surface area contributed by atoms with Crippen molar-refractivity contribution in [3.8, 4) is 11.5 Å². The fourth-order valence-electron chi connectivity index (χ4n) is 2.63. The van der Waals surface area contributed by atoms with Crippen molar-refractivity contribution in [3.05, 3.63) is 23.8 Å². The highest BCUT2D eigenvalue weighted by Crippen LogP contribution is 2.30. The van der Waals surface area contributed by atoms with Crippen molar-refractivity contribution >= 4 is 0 Å². The van der Waals surface area contributed by atoms with Gasteiger partial charge in [-0.15, -0.1) is 0 Å². The zero-order valence-corrected chi connectivity index (χ0v) is 12.8. The molecule has 1 aromatic carbocycles. The molecule has 2 rings (SSSR count). The molecule has 0 spiro atoms. The summed E-state index contributed by atoms with van der Waals surface area (Å²) in [6.45, 7) is 7.21. The molecule has 4 nitrogen and oxygen atoms in total. The second-order valence-corrected chi connectivity index (χ2v) is 5.64. The third kappa shape index (κ3) is 3.64. The summed E-state index contributed by atoms with van der Waals surface area (Å²) >= 11 is 0. The molecule has 0 saturated carbocycles. The summed E-state index contributed by atoms with van der Waals surface area (Å²) in [5, 5.41) is 0. The van der Waals surface area contributed by atoms with E-state index in [4.69, 9.17) is 15.2 Å². The summed E-state index contributed by atoms with van der Waals surface area (Å²) in [7, 11) is 1.67. The number of likely N-dealkylation sites (tertiary alicyclic amines) is 1. The number of benzene rings is 1. The molecule has 1 heterocycles. The van der Waals surface area contributed by atoms with Gasteiger partial charge in [0.25, 0.3) is 0 Å². The van der Waals surface area contributed by atoms with Crippen LogP contribution in [0.1, 0.15) is 32.3 Å². The number of nitrogens with zero attached hydrogens (tertiary/aromatic N) is 1. The standard InChI is InChI=1S/C16H26N2O2/c1-12(2)18-8-6-14(7-9-18)20-16-10-13(11-17)4-5-15(16)19-3/h4-5,10,12,14H,6-9,11,17H2,1-3H3. The molecule has 112 valence electrons. The Kier molecular flexibility index (Phi) is 5.26. The van der Waals surface area contributed by atoms with Crippen molar-refractivity contribution in [2.75, 3.05) is 20.2 Å². The van der Waals surface area contributed by atoms with Crippen LogP contribution >= 0.6 is 0 Å². The van der Waals surface area contributed by atoms with Gasteiger partial charge in [-0.2, -0.15) is 0 Å². The van der Waals surface area contributed by atoms with Crippen LogP contribution in [0.3, 0.4) is 0 Å². The third-order valence-corrected chi connectivity index (χ3v) is 3.96. The summed E-state index contributed by atoms with van der Waals surface area (Å²) in [6.07, 6.45) is 2.40. The first-order valence-electron chi connectivity index (χ1n) is 7.41. The van der Waals surface area contributed by atoms with Crippen LogP contribution in [0.4, 0.5) is 0 Å². The molecule has 1 saturated heterocycles. The first-order chi connectivity index (χ1) is 9.63. The first kappa shape index (κ1) is 15.1. The molecule has 1 aromatic rings. The summed E-state index contributed by atoms with van der Waals surface area (Å²) in [6, 6.07) is 6.52. The van der Waals surface area contributed by atoms with E-state index < -0.39 is 0 Å². The molecule has 4 heteroatoms. The van der Waals surface area contributed by atoms with Gasteiger partial charge in [-0.05, 0) is 44.4 Å². The summed E-state index contributed by atoms with van der Waals surface area (Å²) in [4.78, 5) is 2.49. The molecular weight excluding hydrogens is 252 g/mol. The highest BCUT2D eigenvalue weighted by molar-refractivity contribution is 5.43. The second-order valence-electron chi connectivity index (χ2n) is 5.64. The Morgan fingerprint density at radius 1 is 1.25 bits per heavy atom. The monoisotopic (exact) mass is 278 g/mol. The van der Waals surface area contributed by atoms with E-state index in [0.29, 0.717) is 12.6 Å². The summed E-state index contributed by atoms with van der Waals surface area (Å²) in [5.41, 5.74) is 6.76. The van der Waals surface area contributed by atoms with E-state index in [0.717, 1.165) is 43.0 Å². The topological polar surface area (TPSA) is 47.7 Å². The van der Waals surface area contributed by atoms with Gasteiger partial charge in [-0.25, -0.2) is 0 Å².